The third-order valence-corrected chi connectivity index (χ3v) is 5.44. The van der Waals surface area contributed by atoms with Crippen molar-refractivity contribution in [3.05, 3.63) is 46.5 Å². The second-order valence-corrected chi connectivity index (χ2v) is 7.46. The zero-order valence-corrected chi connectivity index (χ0v) is 16.2. The number of carbonyl (C=O) groups excluding carboxylic acids is 2. The van der Waals surface area contributed by atoms with Gasteiger partial charge in [-0.25, -0.2) is 4.39 Å². The van der Waals surface area contributed by atoms with Crippen molar-refractivity contribution in [1.82, 2.24) is 14.7 Å². The van der Waals surface area contributed by atoms with E-state index >= 15 is 0 Å². The lowest BCUT2D eigenvalue weighted by atomic mass is 10.1. The number of amides is 2. The summed E-state index contributed by atoms with van der Waals surface area (Å²) in [6.07, 6.45) is 1.81. The first kappa shape index (κ1) is 18.9. The minimum atomic E-state index is -0.507. The van der Waals surface area contributed by atoms with E-state index in [0.29, 0.717) is 31.8 Å². The Labute approximate surface area is 166 Å². The number of aromatic nitrogens is 2. The lowest BCUT2D eigenvalue weighted by Crippen LogP contribution is -2.47. The number of hydrogen-bond donors (Lipinski definition) is 0. The number of rotatable bonds is 3. The third-order valence-electron chi connectivity index (χ3n) is 5.15. The zero-order valence-electron chi connectivity index (χ0n) is 15.4. The number of benzene rings is 1. The van der Waals surface area contributed by atoms with Gasteiger partial charge in [-0.05, 0) is 24.6 Å². The molecule has 9 heteroatoms. The van der Waals surface area contributed by atoms with E-state index in [4.69, 9.17) is 16.3 Å². The highest BCUT2D eigenvalue weighted by molar-refractivity contribution is 6.30. The Hall–Kier alpha value is -2.45. The highest BCUT2D eigenvalue weighted by Gasteiger charge is 2.32. The van der Waals surface area contributed by atoms with Gasteiger partial charge in [-0.3, -0.25) is 14.3 Å². The highest BCUT2D eigenvalue weighted by atomic mass is 35.5. The van der Waals surface area contributed by atoms with E-state index in [0.717, 1.165) is 11.4 Å². The number of hydrogen-bond acceptors (Lipinski definition) is 4. The molecule has 2 aliphatic rings. The minimum absolute atomic E-state index is 0.00295. The van der Waals surface area contributed by atoms with Crippen LogP contribution < -0.4 is 4.90 Å². The SMILES string of the molecule is C[C@H]1Cn2ncc(N3CCOCC3=O)c2CN1C(=O)Cc1ccc(F)c(Cl)c1. The van der Waals surface area contributed by atoms with E-state index in [1.807, 2.05) is 11.6 Å². The number of morpholine rings is 1. The van der Waals surface area contributed by atoms with E-state index < -0.39 is 5.82 Å². The second kappa shape index (κ2) is 7.52. The lowest BCUT2D eigenvalue weighted by Gasteiger charge is -2.36. The molecule has 0 aliphatic carbocycles. The smallest absolute Gasteiger partial charge is 0.253 e. The quantitative estimate of drug-likeness (QED) is 0.782. The van der Waals surface area contributed by atoms with Crippen molar-refractivity contribution in [3.63, 3.8) is 0 Å². The molecule has 1 fully saturated rings. The van der Waals surface area contributed by atoms with E-state index in [2.05, 4.69) is 5.10 Å². The van der Waals surface area contributed by atoms with Gasteiger partial charge in [-0.2, -0.15) is 5.10 Å². The summed E-state index contributed by atoms with van der Waals surface area (Å²) in [7, 11) is 0. The third kappa shape index (κ3) is 3.49. The topological polar surface area (TPSA) is 67.7 Å². The molecule has 1 atom stereocenters. The maximum absolute atomic E-state index is 13.4. The summed E-state index contributed by atoms with van der Waals surface area (Å²) < 4.78 is 20.4. The molecular formula is C19H20ClFN4O3. The highest BCUT2D eigenvalue weighted by Crippen LogP contribution is 2.28. The summed E-state index contributed by atoms with van der Waals surface area (Å²) in [5.74, 6) is -0.700. The number of halogens is 2. The van der Waals surface area contributed by atoms with Crippen LogP contribution in [0.2, 0.25) is 5.02 Å². The predicted octanol–water partition coefficient (Wildman–Crippen LogP) is 2.01. The van der Waals surface area contributed by atoms with Crippen LogP contribution in [0.15, 0.2) is 24.4 Å². The molecule has 1 saturated heterocycles. The fourth-order valence-electron chi connectivity index (χ4n) is 3.64. The van der Waals surface area contributed by atoms with Crippen LogP contribution in [0.4, 0.5) is 10.1 Å². The van der Waals surface area contributed by atoms with Crippen molar-refractivity contribution in [2.45, 2.75) is 32.5 Å². The molecule has 1 aromatic heterocycles. The first-order valence-electron chi connectivity index (χ1n) is 9.10. The summed E-state index contributed by atoms with van der Waals surface area (Å²) in [6.45, 7) is 3.85. The van der Waals surface area contributed by atoms with Crippen LogP contribution in [-0.2, 0) is 33.8 Å². The first-order valence-corrected chi connectivity index (χ1v) is 9.48. The van der Waals surface area contributed by atoms with Crippen molar-refractivity contribution < 1.29 is 18.7 Å². The Morgan fingerprint density at radius 1 is 1.43 bits per heavy atom. The maximum atomic E-state index is 13.4. The average Bonchev–Trinajstić information content (AvgIpc) is 3.07. The zero-order chi connectivity index (χ0) is 19.8. The number of carbonyl (C=O) groups is 2. The van der Waals surface area contributed by atoms with Crippen LogP contribution in [0.1, 0.15) is 18.2 Å². The summed E-state index contributed by atoms with van der Waals surface area (Å²) in [4.78, 5) is 28.5. The Balaban J connectivity index is 1.55. The van der Waals surface area contributed by atoms with Crippen LogP contribution in [0.5, 0.6) is 0 Å². The average molecular weight is 407 g/mol. The van der Waals surface area contributed by atoms with Gasteiger partial charge in [0, 0.05) is 12.6 Å². The molecule has 2 aromatic rings. The van der Waals surface area contributed by atoms with Crippen LogP contribution >= 0.6 is 11.6 Å². The molecule has 0 radical (unpaired) electrons. The summed E-state index contributed by atoms with van der Waals surface area (Å²) >= 11 is 5.83. The number of anilines is 1. The number of ether oxygens (including phenoxy) is 1. The first-order chi connectivity index (χ1) is 13.4. The summed E-state index contributed by atoms with van der Waals surface area (Å²) in [5.41, 5.74) is 2.22. The minimum Gasteiger partial charge on any atom is -0.370 e. The molecule has 4 rings (SSSR count). The summed E-state index contributed by atoms with van der Waals surface area (Å²) in [6, 6.07) is 4.26. The molecule has 0 saturated carbocycles. The Kier molecular flexibility index (Phi) is 5.07. The van der Waals surface area contributed by atoms with Crippen LogP contribution in [-0.4, -0.2) is 52.3 Å². The molecule has 0 unspecified atom stereocenters. The van der Waals surface area contributed by atoms with Gasteiger partial charge < -0.3 is 14.5 Å². The largest absolute Gasteiger partial charge is 0.370 e. The lowest BCUT2D eigenvalue weighted by molar-refractivity contribution is -0.134. The molecular weight excluding hydrogens is 387 g/mol. The number of fused-ring (bicyclic) bond motifs is 1. The van der Waals surface area contributed by atoms with Crippen LogP contribution in [0.25, 0.3) is 0 Å². The fraction of sp³-hybridized carbons (Fsp3) is 0.421. The molecule has 0 N–H and O–H groups in total. The van der Waals surface area contributed by atoms with Crippen molar-refractivity contribution in [1.29, 1.82) is 0 Å². The van der Waals surface area contributed by atoms with E-state index in [1.54, 1.807) is 22.1 Å². The molecule has 3 heterocycles. The maximum Gasteiger partial charge on any atom is 0.253 e. The van der Waals surface area contributed by atoms with Crippen molar-refractivity contribution in [2.24, 2.45) is 0 Å². The van der Waals surface area contributed by atoms with Gasteiger partial charge in [0.05, 0.1) is 48.7 Å². The monoisotopic (exact) mass is 406 g/mol. The standard InChI is InChI=1S/C19H20ClFN4O3/c1-12-9-25-17(16(8-22-25)23-4-5-28-11-19(23)27)10-24(12)18(26)7-13-2-3-15(21)14(20)6-13/h2-3,6,8,12H,4-5,7,9-11H2,1H3/t12-/m0/s1. The van der Waals surface area contributed by atoms with Crippen molar-refractivity contribution >= 4 is 29.1 Å². The number of nitrogens with zero attached hydrogens (tertiary/aromatic N) is 4. The predicted molar refractivity (Wildman–Crippen MR) is 101 cm³/mol. The van der Waals surface area contributed by atoms with Crippen molar-refractivity contribution in [2.75, 3.05) is 24.7 Å². The second-order valence-electron chi connectivity index (χ2n) is 7.05. The Bertz CT molecular complexity index is 932. The Morgan fingerprint density at radius 3 is 3.00 bits per heavy atom. The van der Waals surface area contributed by atoms with E-state index in [9.17, 15) is 14.0 Å². The molecule has 7 nitrogen and oxygen atoms in total. The van der Waals surface area contributed by atoms with Gasteiger partial charge in [0.1, 0.15) is 12.4 Å². The van der Waals surface area contributed by atoms with Gasteiger partial charge in [0.25, 0.3) is 5.91 Å². The van der Waals surface area contributed by atoms with Gasteiger partial charge in [-0.1, -0.05) is 17.7 Å². The molecule has 28 heavy (non-hydrogen) atoms. The molecule has 0 spiro atoms. The molecule has 2 amide bonds. The van der Waals surface area contributed by atoms with Gasteiger partial charge in [-0.15, -0.1) is 0 Å². The molecule has 148 valence electrons. The van der Waals surface area contributed by atoms with Gasteiger partial charge in [0.2, 0.25) is 5.91 Å². The molecule has 2 aliphatic heterocycles. The molecule has 1 aromatic carbocycles. The normalized spacial score (nSPS) is 19.7. The van der Waals surface area contributed by atoms with Crippen molar-refractivity contribution in [3.8, 4) is 0 Å². The van der Waals surface area contributed by atoms with E-state index in [-0.39, 0.29) is 35.9 Å². The van der Waals surface area contributed by atoms with Crippen LogP contribution in [0.3, 0.4) is 0 Å². The summed E-state index contributed by atoms with van der Waals surface area (Å²) in [5, 5.41) is 4.40. The van der Waals surface area contributed by atoms with Gasteiger partial charge in [0.15, 0.2) is 0 Å². The Morgan fingerprint density at radius 2 is 2.25 bits per heavy atom. The van der Waals surface area contributed by atoms with Crippen LogP contribution in [0, 0.1) is 5.82 Å². The van der Waals surface area contributed by atoms with E-state index in [1.165, 1.54) is 12.1 Å². The fourth-order valence-corrected chi connectivity index (χ4v) is 3.85. The van der Waals surface area contributed by atoms with Gasteiger partial charge >= 0.3 is 0 Å². The molecule has 0 bridgehead atoms.